The van der Waals surface area contributed by atoms with E-state index in [2.05, 4.69) is 79.9 Å². The van der Waals surface area contributed by atoms with Crippen LogP contribution in [0, 0.1) is 0 Å². The van der Waals surface area contributed by atoms with Crippen LogP contribution in [0.1, 0.15) is 277 Å². The molecule has 4 atom stereocenters. The van der Waals surface area contributed by atoms with Crippen LogP contribution in [-0.4, -0.2) is 57.3 Å². The Morgan fingerprint density at radius 3 is 1.06 bits per heavy atom. The lowest BCUT2D eigenvalue weighted by atomic mass is 10.00. The molecule has 0 saturated heterocycles. The van der Waals surface area contributed by atoms with Crippen molar-refractivity contribution in [2.75, 3.05) is 6.61 Å². The summed E-state index contributed by atoms with van der Waals surface area (Å²) in [5, 5.41) is 43.9. The molecule has 0 rings (SSSR count). The Hall–Kier alpha value is -1.99. The second-order valence-electron chi connectivity index (χ2n) is 19.3. The predicted octanol–water partition coefficient (Wildman–Crippen LogP) is 16.4. The van der Waals surface area contributed by atoms with E-state index in [1.54, 1.807) is 0 Å². The van der Waals surface area contributed by atoms with Gasteiger partial charge in [0, 0.05) is 0 Å². The van der Waals surface area contributed by atoms with Crippen molar-refractivity contribution in [3.05, 3.63) is 60.8 Å². The second-order valence-corrected chi connectivity index (χ2v) is 19.3. The molecule has 6 heteroatoms. The average molecular weight is 913 g/mol. The molecule has 5 N–H and O–H groups in total. The largest absolute Gasteiger partial charge is 0.394 e. The van der Waals surface area contributed by atoms with E-state index in [1.165, 1.54) is 173 Å². The highest BCUT2D eigenvalue weighted by Crippen LogP contribution is 2.16. The van der Waals surface area contributed by atoms with E-state index >= 15 is 0 Å². The van der Waals surface area contributed by atoms with Gasteiger partial charge in [-0.3, -0.25) is 4.79 Å². The molecule has 0 bridgehead atoms. The van der Waals surface area contributed by atoms with E-state index in [9.17, 15) is 25.2 Å². The number of unbranched alkanes of at least 4 members (excludes halogenated alkanes) is 32. The number of amides is 1. The number of aliphatic hydroxyl groups excluding tert-OH is 4. The fourth-order valence-corrected chi connectivity index (χ4v) is 8.47. The number of carbonyl (C=O) groups excluding carboxylic acids is 1. The number of nitrogens with one attached hydrogen (secondary N) is 1. The minimum atomic E-state index is -1.30. The first-order chi connectivity index (χ1) is 32.0. The van der Waals surface area contributed by atoms with Crippen molar-refractivity contribution in [3.63, 3.8) is 0 Å². The first-order valence-electron chi connectivity index (χ1n) is 28.2. The molecule has 0 aliphatic carbocycles. The van der Waals surface area contributed by atoms with Gasteiger partial charge in [-0.15, -0.1) is 0 Å². The van der Waals surface area contributed by atoms with Gasteiger partial charge in [0.2, 0.25) is 5.91 Å². The summed E-state index contributed by atoms with van der Waals surface area (Å²) in [7, 11) is 0. The topological polar surface area (TPSA) is 110 Å². The van der Waals surface area contributed by atoms with Crippen LogP contribution in [0.25, 0.3) is 0 Å². The second kappa shape index (κ2) is 53.0. The monoisotopic (exact) mass is 912 g/mol. The normalized spacial score (nSPS) is 14.2. The summed E-state index contributed by atoms with van der Waals surface area (Å²) in [6.07, 6.45) is 68.6. The van der Waals surface area contributed by atoms with Crippen molar-refractivity contribution in [1.82, 2.24) is 5.32 Å². The third-order valence-corrected chi connectivity index (χ3v) is 12.9. The zero-order valence-electron chi connectivity index (χ0n) is 43.0. The van der Waals surface area contributed by atoms with Gasteiger partial charge < -0.3 is 25.7 Å². The molecule has 0 saturated carbocycles. The SMILES string of the molecule is CCCCCCCCCCC/C=C\C/C=C\CCCCCCCCC(O)C(=O)NC(CO)C(O)C(O)CCC/C=C/CC/C=C/CC/C=C/CCCCCCCCCCCCCCCC. The van der Waals surface area contributed by atoms with Crippen LogP contribution in [0.2, 0.25) is 0 Å². The van der Waals surface area contributed by atoms with Crippen LogP contribution < -0.4 is 5.32 Å². The van der Waals surface area contributed by atoms with Crippen molar-refractivity contribution >= 4 is 5.91 Å². The Kier molecular flexibility index (Phi) is 51.3. The van der Waals surface area contributed by atoms with Gasteiger partial charge in [-0.1, -0.05) is 242 Å². The van der Waals surface area contributed by atoms with Crippen LogP contribution in [0.4, 0.5) is 0 Å². The Bertz CT molecular complexity index is 1110. The van der Waals surface area contributed by atoms with Crippen molar-refractivity contribution in [2.24, 2.45) is 0 Å². The molecule has 0 aromatic rings. The van der Waals surface area contributed by atoms with E-state index < -0.39 is 36.9 Å². The van der Waals surface area contributed by atoms with Gasteiger partial charge in [-0.25, -0.2) is 0 Å². The van der Waals surface area contributed by atoms with Gasteiger partial charge in [0.25, 0.3) is 0 Å². The molecule has 0 aromatic heterocycles. The van der Waals surface area contributed by atoms with Gasteiger partial charge in [-0.05, 0) is 96.3 Å². The van der Waals surface area contributed by atoms with Gasteiger partial charge in [-0.2, -0.15) is 0 Å². The Labute approximate surface area is 403 Å². The highest BCUT2D eigenvalue weighted by molar-refractivity contribution is 5.80. The lowest BCUT2D eigenvalue weighted by Gasteiger charge is -2.27. The molecule has 0 aliphatic heterocycles. The quantitative estimate of drug-likeness (QED) is 0.0308. The lowest BCUT2D eigenvalue weighted by Crippen LogP contribution is -2.53. The van der Waals surface area contributed by atoms with Crippen LogP contribution in [0.15, 0.2) is 60.8 Å². The van der Waals surface area contributed by atoms with Crippen molar-refractivity contribution < 1.29 is 25.2 Å². The standard InChI is InChI=1S/C59H109NO5/c1-3-5-7-9-11-13-15-17-19-21-23-25-27-28-29-30-31-33-34-36-38-40-42-44-46-48-50-52-56(62)58(64)55(54-61)60-59(65)57(63)53-51-49-47-45-43-41-39-37-35-32-26-24-22-20-18-16-14-12-10-8-6-4-2/h24,26,30-31,35-38,44,46,55-58,61-64H,3-23,25,27-29,32-34,39-43,45,47-54H2,1-2H3,(H,60,65)/b26-24-,31-30+,37-35-,38-36+,46-44+. The zero-order chi connectivity index (χ0) is 47.4. The molecule has 4 unspecified atom stereocenters. The highest BCUT2D eigenvalue weighted by atomic mass is 16.3. The smallest absolute Gasteiger partial charge is 0.249 e. The summed E-state index contributed by atoms with van der Waals surface area (Å²) < 4.78 is 0. The van der Waals surface area contributed by atoms with E-state index in [4.69, 9.17) is 0 Å². The minimum absolute atomic E-state index is 0.344. The summed E-state index contributed by atoms with van der Waals surface area (Å²) in [6.45, 7) is 4.05. The maximum Gasteiger partial charge on any atom is 0.249 e. The summed E-state index contributed by atoms with van der Waals surface area (Å²) in [5.74, 6) is -0.607. The molecule has 0 radical (unpaired) electrons. The van der Waals surface area contributed by atoms with Crippen LogP contribution in [0.5, 0.6) is 0 Å². The third kappa shape index (κ3) is 46.9. The van der Waals surface area contributed by atoms with Crippen molar-refractivity contribution in [1.29, 1.82) is 0 Å². The molecule has 1 amide bonds. The molecule has 0 spiro atoms. The van der Waals surface area contributed by atoms with Crippen LogP contribution >= 0.6 is 0 Å². The molecule has 0 aromatic carbocycles. The number of allylic oxidation sites excluding steroid dienone is 10. The molecular weight excluding hydrogens is 803 g/mol. The van der Waals surface area contributed by atoms with Gasteiger partial charge >= 0.3 is 0 Å². The number of hydrogen-bond donors (Lipinski definition) is 5. The molecule has 0 aliphatic rings. The third-order valence-electron chi connectivity index (χ3n) is 12.9. The number of rotatable bonds is 51. The first-order valence-corrected chi connectivity index (χ1v) is 28.2. The zero-order valence-corrected chi connectivity index (χ0v) is 43.0. The molecule has 0 fully saturated rings. The number of aliphatic hydroxyl groups is 4. The minimum Gasteiger partial charge on any atom is -0.394 e. The lowest BCUT2D eigenvalue weighted by molar-refractivity contribution is -0.132. The molecule has 65 heavy (non-hydrogen) atoms. The summed E-state index contributed by atoms with van der Waals surface area (Å²) in [6, 6.07) is -1.02. The fourth-order valence-electron chi connectivity index (χ4n) is 8.47. The van der Waals surface area contributed by atoms with Crippen LogP contribution in [-0.2, 0) is 4.79 Å². The molecule has 6 nitrogen and oxygen atoms in total. The van der Waals surface area contributed by atoms with Crippen LogP contribution in [0.3, 0.4) is 0 Å². The summed E-state index contributed by atoms with van der Waals surface area (Å²) >= 11 is 0. The van der Waals surface area contributed by atoms with E-state index in [1.807, 2.05) is 0 Å². The average Bonchev–Trinajstić information content (AvgIpc) is 3.31. The molecule has 380 valence electrons. The van der Waals surface area contributed by atoms with E-state index in [0.717, 1.165) is 70.6 Å². The maximum absolute atomic E-state index is 12.6. The van der Waals surface area contributed by atoms with E-state index in [0.29, 0.717) is 19.3 Å². The number of hydrogen-bond acceptors (Lipinski definition) is 5. The fraction of sp³-hybridized carbons (Fsp3) is 0.814. The predicted molar refractivity (Wildman–Crippen MR) is 283 cm³/mol. The maximum atomic E-state index is 12.6. The summed E-state index contributed by atoms with van der Waals surface area (Å²) in [4.78, 5) is 12.6. The molecule has 0 heterocycles. The van der Waals surface area contributed by atoms with E-state index in [-0.39, 0.29) is 0 Å². The highest BCUT2D eigenvalue weighted by Gasteiger charge is 2.28. The Balaban J connectivity index is 3.75. The number of carbonyl (C=O) groups is 1. The summed E-state index contributed by atoms with van der Waals surface area (Å²) in [5.41, 5.74) is 0. The molecular formula is C59H109NO5. The van der Waals surface area contributed by atoms with Crippen molar-refractivity contribution in [3.8, 4) is 0 Å². The first kappa shape index (κ1) is 63.0. The Morgan fingerprint density at radius 1 is 0.385 bits per heavy atom. The van der Waals surface area contributed by atoms with Crippen molar-refractivity contribution in [2.45, 2.75) is 301 Å². The van der Waals surface area contributed by atoms with Gasteiger partial charge in [0.15, 0.2) is 0 Å². The Morgan fingerprint density at radius 2 is 0.692 bits per heavy atom. The van der Waals surface area contributed by atoms with Gasteiger partial charge in [0.1, 0.15) is 12.2 Å². The van der Waals surface area contributed by atoms with Gasteiger partial charge in [0.05, 0.1) is 18.8 Å².